The molecule has 1 heterocycles. The van der Waals surface area contributed by atoms with Gasteiger partial charge in [-0.15, -0.1) is 12.4 Å². The van der Waals surface area contributed by atoms with Gasteiger partial charge in [-0.1, -0.05) is 25.7 Å². The molecule has 1 aliphatic carbocycles. The van der Waals surface area contributed by atoms with Crippen LogP contribution < -0.4 is 10.6 Å². The fourth-order valence-electron chi connectivity index (χ4n) is 2.70. The Morgan fingerprint density at radius 3 is 2.52 bits per heavy atom. The normalized spacial score (nSPS) is 16.1. The molecule has 2 N–H and O–H groups in total. The zero-order valence-corrected chi connectivity index (χ0v) is 13.8. The first-order valence-electron chi connectivity index (χ1n) is 7.69. The van der Waals surface area contributed by atoms with Crippen LogP contribution in [0, 0.1) is 6.92 Å². The summed E-state index contributed by atoms with van der Waals surface area (Å²) < 4.78 is 1.72. The minimum absolute atomic E-state index is 0. The lowest BCUT2D eigenvalue weighted by atomic mass is 10.1. The molecule has 2 rings (SSSR count). The van der Waals surface area contributed by atoms with Crippen molar-refractivity contribution in [2.24, 2.45) is 7.05 Å². The Kier molecular flexibility index (Phi) is 7.75. The maximum absolute atomic E-state index is 11.9. The van der Waals surface area contributed by atoms with E-state index in [-0.39, 0.29) is 18.3 Å². The number of hydrogen-bond acceptors (Lipinski definition) is 3. The van der Waals surface area contributed by atoms with Crippen molar-refractivity contribution in [2.45, 2.75) is 51.5 Å². The van der Waals surface area contributed by atoms with E-state index >= 15 is 0 Å². The van der Waals surface area contributed by atoms with E-state index in [4.69, 9.17) is 0 Å². The zero-order valence-electron chi connectivity index (χ0n) is 13.0. The van der Waals surface area contributed by atoms with Crippen molar-refractivity contribution >= 4 is 18.3 Å². The van der Waals surface area contributed by atoms with Crippen LogP contribution >= 0.6 is 12.4 Å². The summed E-state index contributed by atoms with van der Waals surface area (Å²) in [5, 5.41) is 10.6. The number of aromatic nitrogens is 2. The molecular formula is C15H27ClN4O. The highest BCUT2D eigenvalue weighted by molar-refractivity contribution is 5.92. The second-order valence-corrected chi connectivity index (χ2v) is 5.69. The second kappa shape index (κ2) is 9.05. The highest BCUT2D eigenvalue weighted by Crippen LogP contribution is 2.16. The molecule has 0 spiro atoms. The molecule has 0 aliphatic heterocycles. The van der Waals surface area contributed by atoms with Gasteiger partial charge < -0.3 is 10.6 Å². The second-order valence-electron chi connectivity index (χ2n) is 5.69. The standard InChI is InChI=1S/C15H26N4O.ClH/c1-12-11-14(18-19(12)2)15(20)17-10-9-16-13-7-5-3-4-6-8-13;/h11,13,16H,3-10H2,1-2H3,(H,17,20);1H. The van der Waals surface area contributed by atoms with E-state index in [9.17, 15) is 4.79 Å². The fraction of sp³-hybridized carbons (Fsp3) is 0.733. The predicted molar refractivity (Wildman–Crippen MR) is 87.0 cm³/mol. The average Bonchev–Trinajstić information content (AvgIpc) is 2.66. The fourth-order valence-corrected chi connectivity index (χ4v) is 2.70. The topological polar surface area (TPSA) is 59.0 Å². The molecule has 0 unspecified atom stereocenters. The van der Waals surface area contributed by atoms with Crippen LogP contribution in [0.5, 0.6) is 0 Å². The number of amides is 1. The van der Waals surface area contributed by atoms with Gasteiger partial charge >= 0.3 is 0 Å². The van der Waals surface area contributed by atoms with Gasteiger partial charge in [-0.2, -0.15) is 5.10 Å². The van der Waals surface area contributed by atoms with Gasteiger partial charge in [0, 0.05) is 31.9 Å². The van der Waals surface area contributed by atoms with Crippen LogP contribution in [0.1, 0.15) is 54.7 Å². The van der Waals surface area contributed by atoms with Crippen molar-refractivity contribution in [3.8, 4) is 0 Å². The van der Waals surface area contributed by atoms with Gasteiger partial charge in [0.25, 0.3) is 5.91 Å². The first-order valence-corrected chi connectivity index (χ1v) is 7.69. The Bertz CT molecular complexity index is 419. The molecule has 1 amide bonds. The lowest BCUT2D eigenvalue weighted by molar-refractivity contribution is 0.0948. The van der Waals surface area contributed by atoms with Crippen molar-refractivity contribution in [1.29, 1.82) is 0 Å². The third-order valence-electron chi connectivity index (χ3n) is 4.05. The summed E-state index contributed by atoms with van der Waals surface area (Å²) in [6, 6.07) is 2.44. The molecule has 5 nitrogen and oxygen atoms in total. The van der Waals surface area contributed by atoms with Gasteiger partial charge in [0.1, 0.15) is 5.69 Å². The lowest BCUT2D eigenvalue weighted by Crippen LogP contribution is -2.37. The van der Waals surface area contributed by atoms with E-state index in [0.717, 1.165) is 12.2 Å². The average molecular weight is 315 g/mol. The Morgan fingerprint density at radius 1 is 1.29 bits per heavy atom. The summed E-state index contributed by atoms with van der Waals surface area (Å²) in [6.45, 7) is 3.44. The van der Waals surface area contributed by atoms with E-state index in [0.29, 0.717) is 18.3 Å². The number of nitrogens with zero attached hydrogens (tertiary/aromatic N) is 2. The highest BCUT2D eigenvalue weighted by Gasteiger charge is 2.12. The van der Waals surface area contributed by atoms with E-state index in [2.05, 4.69) is 15.7 Å². The molecule has 1 aromatic rings. The molecule has 120 valence electrons. The molecule has 1 fully saturated rings. The molecule has 1 aromatic heterocycles. The molecule has 0 radical (unpaired) electrons. The van der Waals surface area contributed by atoms with Gasteiger partial charge in [0.2, 0.25) is 0 Å². The number of carbonyl (C=O) groups is 1. The van der Waals surface area contributed by atoms with E-state index in [1.807, 2.05) is 20.0 Å². The van der Waals surface area contributed by atoms with E-state index in [1.54, 1.807) is 4.68 Å². The number of carbonyl (C=O) groups excluding carboxylic acids is 1. The van der Waals surface area contributed by atoms with Crippen LogP contribution in [0.4, 0.5) is 0 Å². The largest absolute Gasteiger partial charge is 0.349 e. The van der Waals surface area contributed by atoms with Gasteiger partial charge in [-0.05, 0) is 25.8 Å². The minimum atomic E-state index is -0.0867. The van der Waals surface area contributed by atoms with E-state index in [1.165, 1.54) is 38.5 Å². The molecule has 1 aliphatic rings. The van der Waals surface area contributed by atoms with Crippen LogP contribution in [0.15, 0.2) is 6.07 Å². The SMILES string of the molecule is Cc1cc(C(=O)NCCNC2CCCCCC2)nn1C.Cl. The van der Waals surface area contributed by atoms with Gasteiger partial charge in [-0.25, -0.2) is 0 Å². The van der Waals surface area contributed by atoms with Crippen LogP contribution in [0.3, 0.4) is 0 Å². The van der Waals surface area contributed by atoms with Crippen LogP contribution in [-0.2, 0) is 7.05 Å². The molecule has 0 aromatic carbocycles. The monoisotopic (exact) mass is 314 g/mol. The van der Waals surface area contributed by atoms with Crippen molar-refractivity contribution in [1.82, 2.24) is 20.4 Å². The third-order valence-corrected chi connectivity index (χ3v) is 4.05. The number of hydrogen-bond donors (Lipinski definition) is 2. The van der Waals surface area contributed by atoms with Crippen molar-refractivity contribution in [3.63, 3.8) is 0 Å². The van der Waals surface area contributed by atoms with Crippen LogP contribution in [-0.4, -0.2) is 34.8 Å². The third kappa shape index (κ3) is 5.67. The van der Waals surface area contributed by atoms with Crippen molar-refractivity contribution < 1.29 is 4.79 Å². The Balaban J connectivity index is 0.00000220. The summed E-state index contributed by atoms with van der Waals surface area (Å²) in [5.74, 6) is -0.0867. The van der Waals surface area contributed by atoms with E-state index < -0.39 is 0 Å². The zero-order chi connectivity index (χ0) is 14.4. The Hall–Kier alpha value is -1.07. The maximum atomic E-state index is 11.9. The maximum Gasteiger partial charge on any atom is 0.271 e. The quantitative estimate of drug-likeness (QED) is 0.647. The summed E-state index contributed by atoms with van der Waals surface area (Å²) in [7, 11) is 1.85. The van der Waals surface area contributed by atoms with Gasteiger partial charge in [0.15, 0.2) is 0 Å². The lowest BCUT2D eigenvalue weighted by Gasteiger charge is -2.16. The molecule has 0 bridgehead atoms. The minimum Gasteiger partial charge on any atom is -0.349 e. The summed E-state index contributed by atoms with van der Waals surface area (Å²) >= 11 is 0. The highest BCUT2D eigenvalue weighted by atomic mass is 35.5. The predicted octanol–water partition coefficient (Wildman–Crippen LogP) is 2.19. The molecule has 21 heavy (non-hydrogen) atoms. The summed E-state index contributed by atoms with van der Waals surface area (Å²) in [4.78, 5) is 11.9. The summed E-state index contributed by atoms with van der Waals surface area (Å²) in [6.07, 6.45) is 7.94. The number of aryl methyl sites for hydroxylation is 2. The molecule has 6 heteroatoms. The molecule has 0 atom stereocenters. The van der Waals surface area contributed by atoms with Gasteiger partial charge in [-0.3, -0.25) is 9.48 Å². The summed E-state index contributed by atoms with van der Waals surface area (Å²) in [5.41, 5.74) is 1.49. The van der Waals surface area contributed by atoms with Crippen molar-refractivity contribution in [2.75, 3.05) is 13.1 Å². The van der Waals surface area contributed by atoms with Crippen LogP contribution in [0.25, 0.3) is 0 Å². The van der Waals surface area contributed by atoms with Crippen LogP contribution in [0.2, 0.25) is 0 Å². The van der Waals surface area contributed by atoms with Crippen molar-refractivity contribution in [3.05, 3.63) is 17.5 Å². The Labute approximate surface area is 133 Å². The first kappa shape index (κ1) is 18.0. The number of rotatable bonds is 5. The first-order chi connectivity index (χ1) is 9.66. The smallest absolute Gasteiger partial charge is 0.271 e. The molecule has 1 saturated carbocycles. The molecule has 0 saturated heterocycles. The number of nitrogens with one attached hydrogen (secondary N) is 2. The Morgan fingerprint density at radius 2 is 1.95 bits per heavy atom. The molecular weight excluding hydrogens is 288 g/mol. The van der Waals surface area contributed by atoms with Gasteiger partial charge in [0.05, 0.1) is 0 Å². The number of halogens is 1.